The van der Waals surface area contributed by atoms with Crippen molar-refractivity contribution in [3.05, 3.63) is 35.9 Å². The number of hydrogen-bond donors (Lipinski definition) is 2. The van der Waals surface area contributed by atoms with E-state index in [1.807, 2.05) is 30.3 Å². The molecule has 3 unspecified atom stereocenters. The third kappa shape index (κ3) is 6.96. The Hall–Kier alpha value is -2.21. The van der Waals surface area contributed by atoms with Crippen molar-refractivity contribution in [3.8, 4) is 0 Å². The highest BCUT2D eigenvalue weighted by atomic mass is 16.4. The standard InChI is InChI=1S/C23H34N2O4/c1-17(26)21-11-7-15-25(21)22(27)19(10-5-6-14-24)16-20(23(28)29)13-12-18-8-3-2-4-9-18/h2-4,8-9,19-21H,5-7,10-16,24H2,1H3,(H,28,29). The summed E-state index contributed by atoms with van der Waals surface area (Å²) in [6.45, 7) is 2.66. The fraction of sp³-hybridized carbons (Fsp3) is 0.609. The molecule has 0 bridgehead atoms. The molecule has 0 aliphatic carbocycles. The Labute approximate surface area is 173 Å². The number of benzene rings is 1. The molecule has 1 heterocycles. The van der Waals surface area contributed by atoms with E-state index in [-0.39, 0.29) is 23.7 Å². The summed E-state index contributed by atoms with van der Waals surface area (Å²) in [7, 11) is 0. The molecule has 1 aromatic carbocycles. The van der Waals surface area contributed by atoms with Crippen LogP contribution in [-0.4, -0.2) is 46.8 Å². The summed E-state index contributed by atoms with van der Waals surface area (Å²) < 4.78 is 0. The maximum atomic E-state index is 13.2. The number of nitrogens with zero attached hydrogens (tertiary/aromatic N) is 1. The SMILES string of the molecule is CC(=O)C1CCCN1C(=O)C(CCCCN)CC(CCc1ccccc1)C(=O)O. The van der Waals surface area contributed by atoms with E-state index in [9.17, 15) is 19.5 Å². The van der Waals surface area contributed by atoms with E-state index in [1.54, 1.807) is 4.90 Å². The lowest BCUT2D eigenvalue weighted by Crippen LogP contribution is -2.43. The number of hydrogen-bond acceptors (Lipinski definition) is 4. The average molecular weight is 403 g/mol. The van der Waals surface area contributed by atoms with Gasteiger partial charge in [0.25, 0.3) is 0 Å². The molecule has 3 atom stereocenters. The van der Waals surface area contributed by atoms with Crippen LogP contribution in [0.5, 0.6) is 0 Å². The predicted octanol–water partition coefficient (Wildman–Crippen LogP) is 3.04. The van der Waals surface area contributed by atoms with Crippen molar-refractivity contribution in [2.75, 3.05) is 13.1 Å². The van der Waals surface area contributed by atoms with Crippen LogP contribution in [0.1, 0.15) is 57.4 Å². The number of Topliss-reactive ketones (excluding diaryl/α,β-unsaturated/α-hetero) is 1. The molecule has 29 heavy (non-hydrogen) atoms. The number of likely N-dealkylation sites (tertiary alicyclic amines) is 1. The molecule has 0 aromatic heterocycles. The molecule has 0 saturated carbocycles. The van der Waals surface area contributed by atoms with Crippen LogP contribution in [-0.2, 0) is 20.8 Å². The summed E-state index contributed by atoms with van der Waals surface area (Å²) in [5.41, 5.74) is 6.70. The number of aliphatic carboxylic acids is 1. The van der Waals surface area contributed by atoms with E-state index >= 15 is 0 Å². The lowest BCUT2D eigenvalue weighted by molar-refractivity contribution is -0.145. The van der Waals surface area contributed by atoms with Crippen molar-refractivity contribution in [1.82, 2.24) is 4.90 Å². The molecule has 6 heteroatoms. The smallest absolute Gasteiger partial charge is 0.306 e. The molecule has 0 spiro atoms. The molecule has 1 aromatic rings. The van der Waals surface area contributed by atoms with Crippen LogP contribution in [0, 0.1) is 11.8 Å². The summed E-state index contributed by atoms with van der Waals surface area (Å²) in [6, 6.07) is 9.45. The molecule has 1 amide bonds. The molecule has 1 aliphatic rings. The van der Waals surface area contributed by atoms with E-state index in [0.29, 0.717) is 45.2 Å². The highest BCUT2D eigenvalue weighted by Gasteiger charge is 2.36. The summed E-state index contributed by atoms with van der Waals surface area (Å²) in [5.74, 6) is -1.87. The number of carboxylic acids is 1. The molecule has 0 radical (unpaired) electrons. The first-order valence-electron chi connectivity index (χ1n) is 10.7. The van der Waals surface area contributed by atoms with Gasteiger partial charge in [-0.05, 0) is 64.0 Å². The third-order valence-electron chi connectivity index (χ3n) is 5.90. The fourth-order valence-electron chi connectivity index (χ4n) is 4.24. The molecular formula is C23H34N2O4. The Morgan fingerprint density at radius 2 is 1.86 bits per heavy atom. The van der Waals surface area contributed by atoms with E-state index in [0.717, 1.165) is 24.8 Å². The molecule has 1 aliphatic heterocycles. The zero-order valence-corrected chi connectivity index (χ0v) is 17.4. The van der Waals surface area contributed by atoms with Gasteiger partial charge in [0, 0.05) is 12.5 Å². The van der Waals surface area contributed by atoms with Crippen molar-refractivity contribution in [3.63, 3.8) is 0 Å². The summed E-state index contributed by atoms with van der Waals surface area (Å²) in [5, 5.41) is 9.76. The second-order valence-electron chi connectivity index (χ2n) is 8.08. The Morgan fingerprint density at radius 1 is 1.14 bits per heavy atom. The number of amides is 1. The first kappa shape index (κ1) is 23.1. The summed E-state index contributed by atoms with van der Waals surface area (Å²) >= 11 is 0. The van der Waals surface area contributed by atoms with Crippen molar-refractivity contribution in [2.45, 2.75) is 64.3 Å². The van der Waals surface area contributed by atoms with Crippen LogP contribution in [0.4, 0.5) is 0 Å². The van der Waals surface area contributed by atoms with E-state index in [4.69, 9.17) is 5.73 Å². The number of ketones is 1. The molecule has 6 nitrogen and oxygen atoms in total. The molecule has 160 valence electrons. The minimum absolute atomic E-state index is 0.00965. The number of aryl methyl sites for hydroxylation is 1. The van der Waals surface area contributed by atoms with E-state index in [2.05, 4.69) is 0 Å². The zero-order chi connectivity index (χ0) is 21.2. The molecule has 1 fully saturated rings. The molecule has 1 saturated heterocycles. The highest BCUT2D eigenvalue weighted by molar-refractivity contribution is 5.89. The van der Waals surface area contributed by atoms with Crippen LogP contribution in [0.2, 0.25) is 0 Å². The summed E-state index contributed by atoms with van der Waals surface area (Å²) in [4.78, 5) is 38.8. The Kier molecular flexibility index (Phi) is 9.32. The Bertz CT molecular complexity index is 677. The van der Waals surface area contributed by atoms with Crippen LogP contribution >= 0.6 is 0 Å². The molecular weight excluding hydrogens is 368 g/mol. The van der Waals surface area contributed by atoms with Crippen LogP contribution in [0.15, 0.2) is 30.3 Å². The average Bonchev–Trinajstić information content (AvgIpc) is 3.20. The van der Waals surface area contributed by atoms with Gasteiger partial charge < -0.3 is 15.7 Å². The Morgan fingerprint density at radius 3 is 2.48 bits per heavy atom. The number of unbranched alkanes of at least 4 members (excludes halogenated alkanes) is 1. The number of carbonyl (C=O) groups excluding carboxylic acids is 2. The van der Waals surface area contributed by atoms with Gasteiger partial charge in [0.15, 0.2) is 5.78 Å². The van der Waals surface area contributed by atoms with Gasteiger partial charge in [0.05, 0.1) is 12.0 Å². The normalized spacial score (nSPS) is 18.4. The first-order chi connectivity index (χ1) is 13.9. The lowest BCUT2D eigenvalue weighted by Gasteiger charge is -2.29. The molecule has 2 rings (SSSR count). The number of carboxylic acid groups (broad SMARTS) is 1. The second kappa shape index (κ2) is 11.7. The van der Waals surface area contributed by atoms with Gasteiger partial charge >= 0.3 is 5.97 Å². The number of rotatable bonds is 12. The number of carbonyl (C=O) groups is 3. The monoisotopic (exact) mass is 402 g/mol. The third-order valence-corrected chi connectivity index (χ3v) is 5.90. The zero-order valence-electron chi connectivity index (χ0n) is 17.4. The predicted molar refractivity (Wildman–Crippen MR) is 112 cm³/mol. The number of nitrogens with two attached hydrogens (primary N) is 1. The van der Waals surface area contributed by atoms with Gasteiger partial charge in [-0.2, -0.15) is 0 Å². The van der Waals surface area contributed by atoms with Crippen molar-refractivity contribution in [1.29, 1.82) is 0 Å². The maximum absolute atomic E-state index is 13.2. The fourth-order valence-corrected chi connectivity index (χ4v) is 4.24. The van der Waals surface area contributed by atoms with E-state index in [1.165, 1.54) is 6.92 Å². The Balaban J connectivity index is 2.08. The minimum Gasteiger partial charge on any atom is -0.481 e. The second-order valence-corrected chi connectivity index (χ2v) is 8.08. The van der Waals surface area contributed by atoms with Crippen molar-refractivity contribution >= 4 is 17.7 Å². The van der Waals surface area contributed by atoms with Gasteiger partial charge in [0.2, 0.25) is 5.91 Å². The van der Waals surface area contributed by atoms with Gasteiger partial charge in [-0.25, -0.2) is 0 Å². The minimum atomic E-state index is -0.859. The van der Waals surface area contributed by atoms with Crippen molar-refractivity contribution in [2.24, 2.45) is 17.6 Å². The lowest BCUT2D eigenvalue weighted by atomic mass is 9.86. The van der Waals surface area contributed by atoms with Gasteiger partial charge in [-0.15, -0.1) is 0 Å². The first-order valence-corrected chi connectivity index (χ1v) is 10.7. The van der Waals surface area contributed by atoms with Gasteiger partial charge in [0.1, 0.15) is 0 Å². The van der Waals surface area contributed by atoms with Crippen LogP contribution < -0.4 is 5.73 Å². The van der Waals surface area contributed by atoms with Gasteiger partial charge in [-0.1, -0.05) is 36.8 Å². The van der Waals surface area contributed by atoms with Crippen molar-refractivity contribution < 1.29 is 19.5 Å². The van der Waals surface area contributed by atoms with Crippen LogP contribution in [0.25, 0.3) is 0 Å². The largest absolute Gasteiger partial charge is 0.481 e. The highest BCUT2D eigenvalue weighted by Crippen LogP contribution is 2.28. The summed E-state index contributed by atoms with van der Waals surface area (Å²) in [6.07, 6.45) is 5.21. The molecule has 3 N–H and O–H groups in total. The quantitative estimate of drug-likeness (QED) is 0.523. The topological polar surface area (TPSA) is 101 Å². The van der Waals surface area contributed by atoms with Gasteiger partial charge in [-0.3, -0.25) is 14.4 Å². The van der Waals surface area contributed by atoms with Crippen LogP contribution in [0.3, 0.4) is 0 Å². The maximum Gasteiger partial charge on any atom is 0.306 e. The van der Waals surface area contributed by atoms with E-state index < -0.39 is 11.9 Å².